The molecular weight excluding hydrogens is 504 g/mol. The molecule has 1 amide bonds. The number of benzene rings is 1. The van der Waals surface area contributed by atoms with Gasteiger partial charge in [-0.1, -0.05) is 6.07 Å². The van der Waals surface area contributed by atoms with Crippen molar-refractivity contribution in [1.82, 2.24) is 29.3 Å². The molecule has 4 aromatic heterocycles. The van der Waals surface area contributed by atoms with Crippen molar-refractivity contribution >= 4 is 17.2 Å². The Bertz CT molecular complexity index is 1660. The van der Waals surface area contributed by atoms with Crippen LogP contribution < -0.4 is 4.90 Å². The van der Waals surface area contributed by atoms with Crippen molar-refractivity contribution in [1.29, 1.82) is 0 Å². The Morgan fingerprint density at radius 1 is 0.923 bits per heavy atom. The van der Waals surface area contributed by atoms with Crippen LogP contribution in [0.3, 0.4) is 0 Å². The van der Waals surface area contributed by atoms with E-state index in [1.807, 2.05) is 54.5 Å². The van der Waals surface area contributed by atoms with Gasteiger partial charge in [-0.15, -0.1) is 0 Å². The molecule has 1 atom stereocenters. The van der Waals surface area contributed by atoms with E-state index in [-0.39, 0.29) is 5.56 Å². The summed E-state index contributed by atoms with van der Waals surface area (Å²) in [5.41, 5.74) is 4.63. The van der Waals surface area contributed by atoms with E-state index >= 15 is 0 Å². The second-order valence-electron chi connectivity index (χ2n) is 9.49. The molecule has 1 aliphatic heterocycles. The number of hydrogen-bond acceptors (Lipinski definition) is 6. The summed E-state index contributed by atoms with van der Waals surface area (Å²) < 4.78 is 30.8. The van der Waals surface area contributed by atoms with Crippen LogP contribution in [-0.4, -0.2) is 66.5 Å². The van der Waals surface area contributed by atoms with Gasteiger partial charge in [0.25, 0.3) is 5.91 Å². The molecule has 1 fully saturated rings. The molecule has 1 saturated heterocycles. The summed E-state index contributed by atoms with van der Waals surface area (Å²) in [5, 5.41) is 19.1. The maximum absolute atomic E-state index is 14.0. The number of nitrogens with zero attached hydrogens (tertiary/aromatic N) is 7. The van der Waals surface area contributed by atoms with E-state index in [2.05, 4.69) is 21.2 Å². The number of aliphatic hydroxyl groups is 1. The number of piperazine rings is 1. The molecule has 1 N–H and O–H groups in total. The van der Waals surface area contributed by atoms with E-state index in [0.717, 1.165) is 45.7 Å². The van der Waals surface area contributed by atoms with Crippen molar-refractivity contribution in [3.63, 3.8) is 0 Å². The highest BCUT2D eigenvalue weighted by Gasteiger charge is 2.29. The van der Waals surface area contributed by atoms with E-state index in [1.54, 1.807) is 10.9 Å². The Balaban J connectivity index is 1.16. The SMILES string of the molecule is Cn1cc(-c2cc(-c3ccc(N4CCN(C(=O)C(O)c5ccc(F)cc5F)CC4)nc3)c3ccnn3c2)cn1. The van der Waals surface area contributed by atoms with E-state index in [0.29, 0.717) is 32.2 Å². The van der Waals surface area contributed by atoms with Crippen molar-refractivity contribution in [2.24, 2.45) is 7.05 Å². The summed E-state index contributed by atoms with van der Waals surface area (Å²) in [6.45, 7) is 1.68. The van der Waals surface area contributed by atoms with Crippen molar-refractivity contribution in [2.45, 2.75) is 6.10 Å². The van der Waals surface area contributed by atoms with Gasteiger partial charge in [-0.05, 0) is 30.3 Å². The Labute approximate surface area is 222 Å². The van der Waals surface area contributed by atoms with Crippen LogP contribution in [0, 0.1) is 11.6 Å². The Morgan fingerprint density at radius 2 is 1.74 bits per heavy atom. The van der Waals surface area contributed by atoms with Gasteiger partial charge in [0.05, 0.1) is 11.7 Å². The van der Waals surface area contributed by atoms with Gasteiger partial charge < -0.3 is 14.9 Å². The Kier molecular flexibility index (Phi) is 6.27. The van der Waals surface area contributed by atoms with Crippen LogP contribution in [0.4, 0.5) is 14.6 Å². The highest BCUT2D eigenvalue weighted by Crippen LogP contribution is 2.31. The Hall–Kier alpha value is -4.64. The zero-order valence-corrected chi connectivity index (χ0v) is 21.1. The molecule has 5 heterocycles. The number of carbonyl (C=O) groups excluding carboxylic acids is 1. The number of aliphatic hydroxyl groups excluding tert-OH is 1. The number of hydrogen-bond donors (Lipinski definition) is 1. The highest BCUT2D eigenvalue weighted by molar-refractivity contribution is 5.84. The number of amides is 1. The first-order chi connectivity index (χ1) is 18.9. The molecular formula is C28H25F2N7O2. The fourth-order valence-electron chi connectivity index (χ4n) is 4.91. The van der Waals surface area contributed by atoms with Gasteiger partial charge in [-0.2, -0.15) is 10.2 Å². The second kappa shape index (κ2) is 9.91. The minimum Gasteiger partial charge on any atom is -0.378 e. The third-order valence-corrected chi connectivity index (χ3v) is 7.01. The summed E-state index contributed by atoms with van der Waals surface area (Å²) in [6.07, 6.45) is 7.64. The van der Waals surface area contributed by atoms with Gasteiger partial charge in [0.15, 0.2) is 6.10 Å². The molecule has 1 aliphatic rings. The number of pyridine rings is 2. The molecule has 0 bridgehead atoms. The van der Waals surface area contributed by atoms with E-state index < -0.39 is 23.6 Å². The number of aromatic nitrogens is 5. The average molecular weight is 530 g/mol. The fourth-order valence-corrected chi connectivity index (χ4v) is 4.91. The first-order valence-electron chi connectivity index (χ1n) is 12.5. The van der Waals surface area contributed by atoms with E-state index in [1.165, 1.54) is 4.90 Å². The van der Waals surface area contributed by atoms with E-state index in [9.17, 15) is 18.7 Å². The van der Waals surface area contributed by atoms with E-state index in [4.69, 9.17) is 4.98 Å². The molecule has 6 rings (SSSR count). The summed E-state index contributed by atoms with van der Waals surface area (Å²) in [6, 6.07) is 10.8. The third kappa shape index (κ3) is 4.72. The molecule has 9 nitrogen and oxygen atoms in total. The monoisotopic (exact) mass is 529 g/mol. The predicted octanol–water partition coefficient (Wildman–Crippen LogP) is 3.46. The smallest absolute Gasteiger partial charge is 0.256 e. The molecule has 0 saturated carbocycles. The van der Waals surface area contributed by atoms with Crippen molar-refractivity contribution < 1.29 is 18.7 Å². The minimum absolute atomic E-state index is 0.235. The van der Waals surface area contributed by atoms with Gasteiger partial charge in [0, 0.05) is 91.9 Å². The van der Waals surface area contributed by atoms with Crippen molar-refractivity contribution in [3.05, 3.63) is 90.6 Å². The maximum atomic E-state index is 14.0. The lowest BCUT2D eigenvalue weighted by Crippen LogP contribution is -2.50. The Morgan fingerprint density at radius 3 is 2.44 bits per heavy atom. The largest absolute Gasteiger partial charge is 0.378 e. The van der Waals surface area contributed by atoms with Crippen LogP contribution >= 0.6 is 0 Å². The number of rotatable bonds is 5. The predicted molar refractivity (Wildman–Crippen MR) is 141 cm³/mol. The third-order valence-electron chi connectivity index (χ3n) is 7.01. The van der Waals surface area contributed by atoms with Crippen molar-refractivity contribution in [2.75, 3.05) is 31.1 Å². The molecule has 0 aliphatic carbocycles. The molecule has 198 valence electrons. The van der Waals surface area contributed by atoms with Crippen molar-refractivity contribution in [3.8, 4) is 22.3 Å². The maximum Gasteiger partial charge on any atom is 0.256 e. The fraction of sp³-hybridized carbons (Fsp3) is 0.214. The summed E-state index contributed by atoms with van der Waals surface area (Å²) >= 11 is 0. The molecule has 1 aromatic carbocycles. The van der Waals surface area contributed by atoms with Crippen LogP contribution in [0.5, 0.6) is 0 Å². The second-order valence-corrected chi connectivity index (χ2v) is 9.49. The lowest BCUT2D eigenvalue weighted by molar-refractivity contribution is -0.141. The van der Waals surface area contributed by atoms with Crippen LogP contribution in [0.25, 0.3) is 27.8 Å². The average Bonchev–Trinajstić information content (AvgIpc) is 3.61. The normalized spacial score (nSPS) is 14.7. The van der Waals surface area contributed by atoms with Crippen LogP contribution in [0.2, 0.25) is 0 Å². The molecule has 0 radical (unpaired) electrons. The van der Waals surface area contributed by atoms with Gasteiger partial charge >= 0.3 is 0 Å². The topological polar surface area (TPSA) is 91.8 Å². The molecule has 39 heavy (non-hydrogen) atoms. The number of aryl methyl sites for hydroxylation is 1. The van der Waals surface area contributed by atoms with Crippen LogP contribution in [0.1, 0.15) is 11.7 Å². The number of anilines is 1. The lowest BCUT2D eigenvalue weighted by Gasteiger charge is -2.36. The van der Waals surface area contributed by atoms with Gasteiger partial charge in [0.2, 0.25) is 0 Å². The van der Waals surface area contributed by atoms with Crippen LogP contribution in [0.15, 0.2) is 73.4 Å². The first-order valence-corrected chi connectivity index (χ1v) is 12.5. The van der Waals surface area contributed by atoms with Gasteiger partial charge in [-0.25, -0.2) is 18.3 Å². The summed E-state index contributed by atoms with van der Waals surface area (Å²) in [4.78, 5) is 21.0. The molecule has 11 heteroatoms. The zero-order chi connectivity index (χ0) is 27.1. The quantitative estimate of drug-likeness (QED) is 0.375. The lowest BCUT2D eigenvalue weighted by atomic mass is 10.0. The standard InChI is InChI=1S/C28H25F2N7O2/c1-34-16-20(15-33-34)19-12-23(25-6-7-32-37(25)17-19)18-2-5-26(31-14-18)35-8-10-36(11-9-35)28(39)27(38)22-4-3-21(29)13-24(22)30/h2-7,12-17,27,38H,8-11H2,1H3. The summed E-state index contributed by atoms with van der Waals surface area (Å²) in [7, 11) is 1.88. The number of halogens is 2. The number of fused-ring (bicyclic) bond motifs is 1. The highest BCUT2D eigenvalue weighted by atomic mass is 19.1. The molecule has 5 aromatic rings. The van der Waals surface area contributed by atoms with Gasteiger partial charge in [0.1, 0.15) is 17.5 Å². The zero-order valence-electron chi connectivity index (χ0n) is 21.1. The summed E-state index contributed by atoms with van der Waals surface area (Å²) in [5.74, 6) is -1.55. The minimum atomic E-state index is -1.68. The van der Waals surface area contributed by atoms with Gasteiger partial charge in [-0.3, -0.25) is 9.48 Å². The first kappa shape index (κ1) is 24.7. The molecule has 0 spiro atoms. The number of carbonyl (C=O) groups is 1. The van der Waals surface area contributed by atoms with Crippen LogP contribution in [-0.2, 0) is 11.8 Å². The molecule has 1 unspecified atom stereocenters.